The quantitative estimate of drug-likeness (QED) is 0.689. The summed E-state index contributed by atoms with van der Waals surface area (Å²) in [6.07, 6.45) is 8.84. The van der Waals surface area contributed by atoms with Gasteiger partial charge in [0.15, 0.2) is 0 Å². The molecule has 0 rings (SSSR count). The Kier molecular flexibility index (Phi) is 13.6. The molecule has 1 N–H and O–H groups in total. The highest BCUT2D eigenvalue weighted by molar-refractivity contribution is 7.89. The van der Waals surface area contributed by atoms with Crippen LogP contribution in [0.15, 0.2) is 36.5 Å². The standard InChI is InChI=1S/C12H21NO2S.C2H6/c1-4-7-9-12(8-5-2)11-13-16(14,15)10-6-3;1-2/h4,7-9,13H,1,5-6,10-11H2,2-3H3;1-2H3/b9-7-,12-8+;. The minimum atomic E-state index is -3.12. The molecule has 0 unspecified atom stereocenters. The maximum absolute atomic E-state index is 11.4. The fourth-order valence-corrected chi connectivity index (χ4v) is 2.26. The second-order valence-corrected chi connectivity index (χ2v) is 5.35. The lowest BCUT2D eigenvalue weighted by Crippen LogP contribution is -2.27. The summed E-state index contributed by atoms with van der Waals surface area (Å²) in [6, 6.07) is 0. The molecule has 0 aliphatic rings. The van der Waals surface area contributed by atoms with E-state index in [0.29, 0.717) is 13.0 Å². The first-order chi connectivity index (χ1) is 8.55. The number of allylic oxidation sites excluding steroid dienone is 3. The monoisotopic (exact) mass is 273 g/mol. The molecule has 4 heteroatoms. The van der Waals surface area contributed by atoms with Gasteiger partial charge < -0.3 is 0 Å². The Labute approximate surface area is 113 Å². The minimum absolute atomic E-state index is 0.178. The first-order valence-electron chi connectivity index (χ1n) is 6.51. The second kappa shape index (κ2) is 12.6. The molecule has 0 aliphatic carbocycles. The Morgan fingerprint density at radius 3 is 2.33 bits per heavy atom. The Morgan fingerprint density at radius 2 is 1.89 bits per heavy atom. The van der Waals surface area contributed by atoms with Crippen LogP contribution in [0.3, 0.4) is 0 Å². The van der Waals surface area contributed by atoms with Gasteiger partial charge in [-0.05, 0) is 18.4 Å². The fourth-order valence-electron chi connectivity index (χ4n) is 1.19. The molecule has 3 nitrogen and oxygen atoms in total. The van der Waals surface area contributed by atoms with Crippen molar-refractivity contribution in [2.24, 2.45) is 0 Å². The largest absolute Gasteiger partial charge is 0.212 e. The van der Waals surface area contributed by atoms with E-state index in [2.05, 4.69) is 11.3 Å². The third-order valence-corrected chi connectivity index (χ3v) is 3.41. The molecule has 0 aromatic carbocycles. The zero-order valence-electron chi connectivity index (χ0n) is 12.1. The molecule has 0 aromatic rings. The Bertz CT molecular complexity index is 354. The van der Waals surface area contributed by atoms with Gasteiger partial charge in [0, 0.05) is 6.54 Å². The van der Waals surface area contributed by atoms with Crippen molar-refractivity contribution >= 4 is 10.0 Å². The summed E-state index contributed by atoms with van der Waals surface area (Å²) in [7, 11) is -3.12. The molecule has 0 bridgehead atoms. The number of sulfonamides is 1. The van der Waals surface area contributed by atoms with Crippen molar-refractivity contribution in [1.29, 1.82) is 0 Å². The predicted octanol–water partition coefficient (Wildman–Crippen LogP) is 3.42. The van der Waals surface area contributed by atoms with Gasteiger partial charge in [-0.15, -0.1) is 0 Å². The predicted molar refractivity (Wildman–Crippen MR) is 81.1 cm³/mol. The highest BCUT2D eigenvalue weighted by Crippen LogP contribution is 2.00. The molecule has 0 radical (unpaired) electrons. The van der Waals surface area contributed by atoms with Crippen molar-refractivity contribution in [3.8, 4) is 0 Å². The number of hydrogen-bond acceptors (Lipinski definition) is 2. The molecule has 0 aromatic heterocycles. The Hall–Kier alpha value is -0.870. The van der Waals surface area contributed by atoms with Crippen molar-refractivity contribution < 1.29 is 8.42 Å². The van der Waals surface area contributed by atoms with E-state index >= 15 is 0 Å². The Morgan fingerprint density at radius 1 is 1.28 bits per heavy atom. The summed E-state index contributed by atoms with van der Waals surface area (Å²) in [5.41, 5.74) is 0.960. The van der Waals surface area contributed by atoms with E-state index in [1.165, 1.54) is 0 Å². The zero-order valence-corrected chi connectivity index (χ0v) is 12.9. The van der Waals surface area contributed by atoms with Crippen molar-refractivity contribution in [1.82, 2.24) is 4.72 Å². The molecule has 0 fully saturated rings. The SMILES string of the molecule is C=C/C=C\C(=C/CC)CNS(=O)(=O)CCC.CC. The van der Waals surface area contributed by atoms with E-state index in [9.17, 15) is 8.42 Å². The molecule has 0 spiro atoms. The molecular formula is C14H27NO2S. The van der Waals surface area contributed by atoms with E-state index in [0.717, 1.165) is 12.0 Å². The van der Waals surface area contributed by atoms with Gasteiger partial charge >= 0.3 is 0 Å². The summed E-state index contributed by atoms with van der Waals surface area (Å²) < 4.78 is 25.4. The van der Waals surface area contributed by atoms with Crippen LogP contribution in [0.25, 0.3) is 0 Å². The molecule has 0 amide bonds. The molecule has 0 atom stereocenters. The van der Waals surface area contributed by atoms with Gasteiger partial charge in [-0.3, -0.25) is 0 Å². The number of nitrogens with one attached hydrogen (secondary N) is 1. The van der Waals surface area contributed by atoms with Crippen LogP contribution >= 0.6 is 0 Å². The fraction of sp³-hybridized carbons (Fsp3) is 0.571. The smallest absolute Gasteiger partial charge is 0.211 e. The van der Waals surface area contributed by atoms with Crippen LogP contribution in [0.5, 0.6) is 0 Å². The number of rotatable bonds is 8. The van der Waals surface area contributed by atoms with Crippen molar-refractivity contribution in [2.45, 2.75) is 40.5 Å². The maximum atomic E-state index is 11.4. The molecule has 18 heavy (non-hydrogen) atoms. The van der Waals surface area contributed by atoms with Gasteiger partial charge in [0.25, 0.3) is 0 Å². The van der Waals surface area contributed by atoms with Crippen LogP contribution in [0.4, 0.5) is 0 Å². The van der Waals surface area contributed by atoms with Crippen molar-refractivity contribution in [2.75, 3.05) is 12.3 Å². The zero-order chi connectivity index (χ0) is 14.4. The average molecular weight is 273 g/mol. The van der Waals surface area contributed by atoms with Crippen molar-refractivity contribution in [3.05, 3.63) is 36.5 Å². The van der Waals surface area contributed by atoms with E-state index in [1.807, 2.05) is 39.8 Å². The average Bonchev–Trinajstić information content (AvgIpc) is 2.35. The van der Waals surface area contributed by atoms with Crippen LogP contribution in [0.2, 0.25) is 0 Å². The molecular weight excluding hydrogens is 246 g/mol. The molecule has 106 valence electrons. The molecule has 0 aliphatic heterocycles. The minimum Gasteiger partial charge on any atom is -0.212 e. The summed E-state index contributed by atoms with van der Waals surface area (Å²) in [5.74, 6) is 0.178. The van der Waals surface area contributed by atoms with E-state index < -0.39 is 10.0 Å². The van der Waals surface area contributed by atoms with Gasteiger partial charge in [0.1, 0.15) is 0 Å². The molecule has 0 saturated carbocycles. The third kappa shape index (κ3) is 11.6. The van der Waals surface area contributed by atoms with Crippen LogP contribution in [-0.2, 0) is 10.0 Å². The molecule has 0 heterocycles. The van der Waals surface area contributed by atoms with Crippen molar-refractivity contribution in [3.63, 3.8) is 0 Å². The normalized spacial score (nSPS) is 12.1. The first-order valence-corrected chi connectivity index (χ1v) is 8.16. The lowest BCUT2D eigenvalue weighted by atomic mass is 10.2. The third-order valence-electron chi connectivity index (χ3n) is 1.88. The second-order valence-electron chi connectivity index (χ2n) is 3.42. The van der Waals surface area contributed by atoms with Gasteiger partial charge in [-0.25, -0.2) is 13.1 Å². The molecule has 0 saturated heterocycles. The van der Waals surface area contributed by atoms with E-state index in [4.69, 9.17) is 0 Å². The van der Waals surface area contributed by atoms with Crippen LogP contribution in [-0.4, -0.2) is 20.7 Å². The van der Waals surface area contributed by atoms with Gasteiger partial charge in [-0.1, -0.05) is 58.6 Å². The summed E-state index contributed by atoms with van der Waals surface area (Å²) in [4.78, 5) is 0. The van der Waals surface area contributed by atoms with E-state index in [-0.39, 0.29) is 5.75 Å². The maximum Gasteiger partial charge on any atom is 0.211 e. The summed E-state index contributed by atoms with van der Waals surface area (Å²) >= 11 is 0. The topological polar surface area (TPSA) is 46.2 Å². The van der Waals surface area contributed by atoms with Crippen LogP contribution < -0.4 is 4.72 Å². The summed E-state index contributed by atoms with van der Waals surface area (Å²) in [6.45, 7) is 11.8. The van der Waals surface area contributed by atoms with Crippen LogP contribution in [0, 0.1) is 0 Å². The number of hydrogen-bond donors (Lipinski definition) is 1. The highest BCUT2D eigenvalue weighted by atomic mass is 32.2. The highest BCUT2D eigenvalue weighted by Gasteiger charge is 2.07. The van der Waals surface area contributed by atoms with Crippen LogP contribution in [0.1, 0.15) is 40.5 Å². The first kappa shape index (κ1) is 19.5. The summed E-state index contributed by atoms with van der Waals surface area (Å²) in [5, 5.41) is 0. The van der Waals surface area contributed by atoms with Gasteiger partial charge in [0.05, 0.1) is 5.75 Å². The van der Waals surface area contributed by atoms with Gasteiger partial charge in [-0.2, -0.15) is 0 Å². The lowest BCUT2D eigenvalue weighted by Gasteiger charge is -2.06. The lowest BCUT2D eigenvalue weighted by molar-refractivity contribution is 0.583. The van der Waals surface area contributed by atoms with Gasteiger partial charge in [0.2, 0.25) is 10.0 Å². The van der Waals surface area contributed by atoms with E-state index in [1.54, 1.807) is 12.2 Å². The Balaban J connectivity index is 0.